The molecule has 0 aromatic heterocycles. The Labute approximate surface area is 114 Å². The highest BCUT2D eigenvalue weighted by Gasteiger charge is 2.14. The van der Waals surface area contributed by atoms with Gasteiger partial charge in [0.1, 0.15) is 5.78 Å². The molecule has 3 heteroatoms. The molecular formula is C16H21NO2. The van der Waals surface area contributed by atoms with Crippen molar-refractivity contribution in [3.05, 3.63) is 34.9 Å². The molecule has 0 radical (unpaired) electrons. The van der Waals surface area contributed by atoms with E-state index in [1.807, 2.05) is 6.92 Å². The van der Waals surface area contributed by atoms with Crippen LogP contribution in [0.3, 0.4) is 0 Å². The molecule has 2 rings (SSSR count). The Kier molecular flexibility index (Phi) is 4.35. The molecule has 1 N–H and O–H groups in total. The highest BCUT2D eigenvalue weighted by Crippen LogP contribution is 2.24. The lowest BCUT2D eigenvalue weighted by Crippen LogP contribution is -2.28. The van der Waals surface area contributed by atoms with Gasteiger partial charge in [-0.3, -0.25) is 9.59 Å². The molecular weight excluding hydrogens is 238 g/mol. The van der Waals surface area contributed by atoms with Crippen LogP contribution in [0.5, 0.6) is 0 Å². The molecule has 1 aliphatic rings. The summed E-state index contributed by atoms with van der Waals surface area (Å²) in [6.07, 6.45) is 4.80. The van der Waals surface area contributed by atoms with Crippen LogP contribution in [0.4, 0.5) is 0 Å². The molecule has 3 nitrogen and oxygen atoms in total. The second-order valence-corrected chi connectivity index (χ2v) is 5.40. The maximum atomic E-state index is 11.6. The van der Waals surface area contributed by atoms with Gasteiger partial charge in [0.05, 0.1) is 12.5 Å². The number of benzene rings is 1. The van der Waals surface area contributed by atoms with Crippen LogP contribution in [0.25, 0.3) is 0 Å². The van der Waals surface area contributed by atoms with Gasteiger partial charge < -0.3 is 5.32 Å². The van der Waals surface area contributed by atoms with Crippen molar-refractivity contribution in [1.82, 2.24) is 5.32 Å². The van der Waals surface area contributed by atoms with Crippen molar-refractivity contribution in [2.45, 2.75) is 52.0 Å². The normalized spacial score (nSPS) is 15.5. The summed E-state index contributed by atoms with van der Waals surface area (Å²) >= 11 is 0. The highest BCUT2D eigenvalue weighted by molar-refractivity contribution is 5.96. The Bertz CT molecular complexity index is 494. The van der Waals surface area contributed by atoms with E-state index in [-0.39, 0.29) is 24.2 Å². The first-order chi connectivity index (χ1) is 9.06. The molecule has 0 bridgehead atoms. The third-order valence-corrected chi connectivity index (χ3v) is 3.66. The van der Waals surface area contributed by atoms with E-state index in [1.165, 1.54) is 37.3 Å². The van der Waals surface area contributed by atoms with Crippen molar-refractivity contribution >= 4 is 11.7 Å². The standard InChI is InChI=1S/C16H21NO2/c1-11(18)9-16(19)17-12(2)14-8-7-13-5-3-4-6-15(13)10-14/h7-8,10,12H,3-6,9H2,1-2H3,(H,17,19). The number of aryl methyl sites for hydroxylation is 2. The van der Waals surface area contributed by atoms with Crippen LogP contribution >= 0.6 is 0 Å². The van der Waals surface area contributed by atoms with Gasteiger partial charge in [-0.15, -0.1) is 0 Å². The Morgan fingerprint density at radius 2 is 1.89 bits per heavy atom. The number of Topliss-reactive ketones (excluding diaryl/α,β-unsaturated/α-hetero) is 1. The number of amides is 1. The molecule has 0 fully saturated rings. The summed E-state index contributed by atoms with van der Waals surface area (Å²) in [6.45, 7) is 3.39. The quantitative estimate of drug-likeness (QED) is 0.845. The van der Waals surface area contributed by atoms with Crippen LogP contribution in [-0.2, 0) is 22.4 Å². The fourth-order valence-electron chi connectivity index (χ4n) is 2.62. The van der Waals surface area contributed by atoms with E-state index in [0.29, 0.717) is 0 Å². The average molecular weight is 259 g/mol. The smallest absolute Gasteiger partial charge is 0.227 e. The van der Waals surface area contributed by atoms with Crippen LogP contribution in [0, 0.1) is 0 Å². The number of carbonyl (C=O) groups is 2. The summed E-state index contributed by atoms with van der Waals surface area (Å²) in [4.78, 5) is 22.5. The van der Waals surface area contributed by atoms with Gasteiger partial charge in [0.25, 0.3) is 0 Å². The van der Waals surface area contributed by atoms with Gasteiger partial charge in [-0.2, -0.15) is 0 Å². The van der Waals surface area contributed by atoms with E-state index in [1.54, 1.807) is 0 Å². The van der Waals surface area contributed by atoms with Crippen molar-refractivity contribution in [2.75, 3.05) is 0 Å². The molecule has 0 spiro atoms. The second kappa shape index (κ2) is 6.00. The van der Waals surface area contributed by atoms with Gasteiger partial charge in [0.2, 0.25) is 5.91 Å². The second-order valence-electron chi connectivity index (χ2n) is 5.40. The molecule has 0 saturated carbocycles. The van der Waals surface area contributed by atoms with Crippen molar-refractivity contribution in [3.8, 4) is 0 Å². The fraction of sp³-hybridized carbons (Fsp3) is 0.500. The summed E-state index contributed by atoms with van der Waals surface area (Å²) in [5.74, 6) is -0.298. The summed E-state index contributed by atoms with van der Waals surface area (Å²) in [7, 11) is 0. The molecule has 1 amide bonds. The first-order valence-corrected chi connectivity index (χ1v) is 6.97. The molecule has 1 aromatic rings. The van der Waals surface area contributed by atoms with Gasteiger partial charge in [-0.25, -0.2) is 0 Å². The van der Waals surface area contributed by atoms with Crippen LogP contribution in [0.1, 0.15) is 55.8 Å². The Morgan fingerprint density at radius 3 is 2.58 bits per heavy atom. The average Bonchev–Trinajstić information content (AvgIpc) is 2.37. The molecule has 1 unspecified atom stereocenters. The third kappa shape index (κ3) is 3.66. The monoisotopic (exact) mass is 259 g/mol. The zero-order valence-electron chi connectivity index (χ0n) is 11.7. The van der Waals surface area contributed by atoms with E-state index >= 15 is 0 Å². The minimum absolute atomic E-state index is 0.0325. The van der Waals surface area contributed by atoms with Crippen LogP contribution < -0.4 is 5.32 Å². The fourth-order valence-corrected chi connectivity index (χ4v) is 2.62. The Morgan fingerprint density at radius 1 is 1.21 bits per heavy atom. The van der Waals surface area contributed by atoms with Crippen LogP contribution in [0.2, 0.25) is 0 Å². The lowest BCUT2D eigenvalue weighted by Gasteiger charge is -2.20. The van der Waals surface area contributed by atoms with Gasteiger partial charge in [0, 0.05) is 0 Å². The van der Waals surface area contributed by atoms with Gasteiger partial charge in [-0.05, 0) is 56.2 Å². The number of hydrogen-bond acceptors (Lipinski definition) is 2. The zero-order chi connectivity index (χ0) is 13.8. The summed E-state index contributed by atoms with van der Waals surface area (Å²) < 4.78 is 0. The van der Waals surface area contributed by atoms with E-state index < -0.39 is 0 Å². The lowest BCUT2D eigenvalue weighted by molar-refractivity contribution is -0.127. The minimum atomic E-state index is -0.197. The SMILES string of the molecule is CC(=O)CC(=O)NC(C)c1ccc2c(c1)CCCC2. The first-order valence-electron chi connectivity index (χ1n) is 6.97. The molecule has 19 heavy (non-hydrogen) atoms. The molecule has 1 aromatic carbocycles. The predicted molar refractivity (Wildman–Crippen MR) is 74.9 cm³/mol. The van der Waals surface area contributed by atoms with Gasteiger partial charge >= 0.3 is 0 Å². The highest BCUT2D eigenvalue weighted by atomic mass is 16.2. The number of fused-ring (bicyclic) bond motifs is 1. The number of carbonyl (C=O) groups excluding carboxylic acids is 2. The van der Waals surface area contributed by atoms with E-state index in [9.17, 15) is 9.59 Å². The Balaban J connectivity index is 2.04. The predicted octanol–water partition coefficient (Wildman–Crippen LogP) is 2.72. The zero-order valence-corrected chi connectivity index (χ0v) is 11.7. The summed E-state index contributed by atoms with van der Waals surface area (Å²) in [6, 6.07) is 6.42. The molecule has 0 saturated heterocycles. The van der Waals surface area contributed by atoms with Crippen molar-refractivity contribution in [1.29, 1.82) is 0 Å². The van der Waals surface area contributed by atoms with E-state index in [4.69, 9.17) is 0 Å². The third-order valence-electron chi connectivity index (χ3n) is 3.66. The van der Waals surface area contributed by atoms with Gasteiger partial charge in [-0.1, -0.05) is 18.2 Å². The largest absolute Gasteiger partial charge is 0.349 e. The van der Waals surface area contributed by atoms with Crippen LogP contribution in [0.15, 0.2) is 18.2 Å². The van der Waals surface area contributed by atoms with Crippen LogP contribution in [-0.4, -0.2) is 11.7 Å². The number of ketones is 1. The van der Waals surface area contributed by atoms with Crippen molar-refractivity contribution in [2.24, 2.45) is 0 Å². The van der Waals surface area contributed by atoms with E-state index in [0.717, 1.165) is 12.0 Å². The van der Waals surface area contributed by atoms with Crippen molar-refractivity contribution in [3.63, 3.8) is 0 Å². The summed E-state index contributed by atoms with van der Waals surface area (Å²) in [5, 5.41) is 2.87. The maximum absolute atomic E-state index is 11.6. The molecule has 0 heterocycles. The minimum Gasteiger partial charge on any atom is -0.349 e. The van der Waals surface area contributed by atoms with E-state index in [2.05, 4.69) is 23.5 Å². The molecule has 1 aliphatic carbocycles. The first kappa shape index (κ1) is 13.8. The molecule has 102 valence electrons. The Hall–Kier alpha value is -1.64. The summed E-state index contributed by atoms with van der Waals surface area (Å²) in [5.41, 5.74) is 3.98. The molecule has 1 atom stereocenters. The molecule has 0 aliphatic heterocycles. The van der Waals surface area contributed by atoms with Gasteiger partial charge in [0.15, 0.2) is 0 Å². The maximum Gasteiger partial charge on any atom is 0.227 e. The van der Waals surface area contributed by atoms with Crippen molar-refractivity contribution < 1.29 is 9.59 Å². The lowest BCUT2D eigenvalue weighted by atomic mass is 9.89. The number of hydrogen-bond donors (Lipinski definition) is 1. The topological polar surface area (TPSA) is 46.2 Å². The number of rotatable bonds is 4. The number of nitrogens with one attached hydrogen (secondary N) is 1.